The van der Waals surface area contributed by atoms with Crippen LogP contribution in [0.1, 0.15) is 13.8 Å². The van der Waals surface area contributed by atoms with Crippen LogP contribution in [0.2, 0.25) is 0 Å². The Morgan fingerprint density at radius 2 is 2.00 bits per heavy atom. The van der Waals surface area contributed by atoms with Gasteiger partial charge in [0.25, 0.3) is 0 Å². The van der Waals surface area contributed by atoms with Crippen LogP contribution >= 0.6 is 0 Å². The van der Waals surface area contributed by atoms with E-state index in [-0.39, 0.29) is 35.0 Å². The average molecular weight is 453 g/mol. The summed E-state index contributed by atoms with van der Waals surface area (Å²) in [6.45, 7) is 1.11. The van der Waals surface area contributed by atoms with Gasteiger partial charge in [-0.15, -0.1) is 14.8 Å². The topological polar surface area (TPSA) is 135 Å². The maximum absolute atomic E-state index is 14.2. The fourth-order valence-electron chi connectivity index (χ4n) is 2.48. The van der Waals surface area contributed by atoms with Crippen molar-refractivity contribution in [2.24, 2.45) is 0 Å². The first-order valence-electron chi connectivity index (χ1n) is 9.33. The number of carbonyl (C=O) groups is 1. The molecular formula is C18H21F2N7O5. The van der Waals surface area contributed by atoms with Crippen molar-refractivity contribution in [2.75, 3.05) is 27.4 Å². The molecule has 0 aliphatic rings. The van der Waals surface area contributed by atoms with Crippen molar-refractivity contribution in [2.45, 2.75) is 25.8 Å². The normalized spacial score (nSPS) is 11.5. The van der Waals surface area contributed by atoms with Crippen molar-refractivity contribution in [3.8, 4) is 28.9 Å². The number of amides is 1. The first-order valence-corrected chi connectivity index (χ1v) is 9.33. The summed E-state index contributed by atoms with van der Waals surface area (Å²) >= 11 is 0. The summed E-state index contributed by atoms with van der Waals surface area (Å²) in [5, 5.41) is 10.5. The molecule has 0 aromatic carbocycles. The summed E-state index contributed by atoms with van der Waals surface area (Å²) in [6.07, 6.45) is 1.64. The second kappa shape index (κ2) is 9.53. The van der Waals surface area contributed by atoms with Crippen LogP contribution in [0.3, 0.4) is 0 Å². The van der Waals surface area contributed by atoms with E-state index in [4.69, 9.17) is 14.2 Å². The van der Waals surface area contributed by atoms with E-state index in [2.05, 4.69) is 35.2 Å². The number of hydrogen-bond donors (Lipinski definition) is 1. The molecule has 0 atom stereocenters. The molecule has 172 valence electrons. The maximum atomic E-state index is 14.2. The highest BCUT2D eigenvalue weighted by molar-refractivity contribution is 5.68. The Morgan fingerprint density at radius 1 is 1.22 bits per heavy atom. The molecule has 0 aliphatic carbocycles. The summed E-state index contributed by atoms with van der Waals surface area (Å²) < 4.78 is 49.6. The van der Waals surface area contributed by atoms with Crippen molar-refractivity contribution in [1.29, 1.82) is 0 Å². The van der Waals surface area contributed by atoms with Crippen molar-refractivity contribution in [3.63, 3.8) is 0 Å². The highest BCUT2D eigenvalue weighted by Gasteiger charge is 2.33. The molecule has 0 radical (unpaired) electrons. The highest BCUT2D eigenvalue weighted by Crippen LogP contribution is 2.31. The number of fused-ring (bicyclic) bond motifs is 1. The number of rotatable bonds is 9. The van der Waals surface area contributed by atoms with Gasteiger partial charge in [-0.1, -0.05) is 0 Å². The SMILES string of the molecule is COc1ncc(-c2cc(OCC(F)(F)COC(=O)NC(C)C)c3ncnn3n2)c(OC)n1. The molecule has 1 N–H and O–H groups in total. The lowest BCUT2D eigenvalue weighted by molar-refractivity contribution is -0.0829. The Hall–Kier alpha value is -3.84. The molecular weight excluding hydrogens is 432 g/mol. The van der Waals surface area contributed by atoms with Crippen LogP contribution in [-0.4, -0.2) is 75.3 Å². The van der Waals surface area contributed by atoms with Gasteiger partial charge >= 0.3 is 18.0 Å². The lowest BCUT2D eigenvalue weighted by Crippen LogP contribution is -2.37. The molecule has 0 saturated carbocycles. The van der Waals surface area contributed by atoms with E-state index in [0.29, 0.717) is 5.56 Å². The van der Waals surface area contributed by atoms with E-state index in [9.17, 15) is 13.6 Å². The average Bonchev–Trinajstić information content (AvgIpc) is 3.24. The van der Waals surface area contributed by atoms with Gasteiger partial charge in [0.2, 0.25) is 11.5 Å². The molecule has 3 aromatic heterocycles. The largest absolute Gasteiger partial charge is 0.483 e. The van der Waals surface area contributed by atoms with Crippen LogP contribution in [0.25, 0.3) is 16.9 Å². The Balaban J connectivity index is 1.82. The summed E-state index contributed by atoms with van der Waals surface area (Å²) in [5.41, 5.74) is 0.681. The van der Waals surface area contributed by atoms with Crippen LogP contribution in [0.15, 0.2) is 18.6 Å². The summed E-state index contributed by atoms with van der Waals surface area (Å²) in [5.74, 6) is -3.35. The molecule has 3 aromatic rings. The van der Waals surface area contributed by atoms with Crippen LogP contribution in [0.4, 0.5) is 13.6 Å². The van der Waals surface area contributed by atoms with Gasteiger partial charge in [0.05, 0.1) is 19.8 Å². The van der Waals surface area contributed by atoms with E-state index >= 15 is 0 Å². The molecule has 0 spiro atoms. The molecule has 0 saturated heterocycles. The van der Waals surface area contributed by atoms with Crippen LogP contribution in [-0.2, 0) is 4.74 Å². The molecule has 0 fully saturated rings. The Kier molecular flexibility index (Phi) is 6.80. The smallest absolute Gasteiger partial charge is 0.407 e. The molecule has 32 heavy (non-hydrogen) atoms. The predicted octanol–water partition coefficient (Wildman–Crippen LogP) is 1.75. The van der Waals surface area contributed by atoms with Crippen LogP contribution in [0.5, 0.6) is 17.6 Å². The lowest BCUT2D eigenvalue weighted by atomic mass is 10.2. The minimum atomic E-state index is -3.46. The van der Waals surface area contributed by atoms with Crippen molar-refractivity contribution < 1.29 is 32.5 Å². The Bertz CT molecular complexity index is 1090. The number of methoxy groups -OCH3 is 2. The fraction of sp³-hybridized carbons (Fsp3) is 0.444. The zero-order chi connectivity index (χ0) is 23.3. The zero-order valence-electron chi connectivity index (χ0n) is 17.7. The number of aromatic nitrogens is 6. The number of hydrogen-bond acceptors (Lipinski definition) is 10. The molecule has 3 heterocycles. The van der Waals surface area contributed by atoms with Gasteiger partial charge in [0.15, 0.2) is 19.0 Å². The summed E-state index contributed by atoms with van der Waals surface area (Å²) in [7, 11) is 2.79. The first kappa shape index (κ1) is 22.8. The van der Waals surface area contributed by atoms with Crippen molar-refractivity contribution >= 4 is 11.7 Å². The molecule has 0 unspecified atom stereocenters. The standard InChI is InChI=1S/C18H21F2N7O5/c1-10(2)24-17(28)32-8-18(19,20)7-31-13-5-12(26-27-14(13)22-9-23-27)11-6-21-16(30-4)25-15(11)29-3/h5-6,9-10H,7-8H2,1-4H3,(H,24,28). The Labute approximate surface area is 180 Å². The minimum absolute atomic E-state index is 0.0309. The summed E-state index contributed by atoms with van der Waals surface area (Å²) in [4.78, 5) is 23.5. The van der Waals surface area contributed by atoms with Crippen molar-refractivity contribution in [3.05, 3.63) is 18.6 Å². The van der Waals surface area contributed by atoms with Crippen LogP contribution in [0, 0.1) is 0 Å². The predicted molar refractivity (Wildman–Crippen MR) is 105 cm³/mol. The van der Waals surface area contributed by atoms with Crippen molar-refractivity contribution in [1.82, 2.24) is 35.1 Å². The van der Waals surface area contributed by atoms with E-state index in [1.807, 2.05) is 0 Å². The number of halogens is 2. The van der Waals surface area contributed by atoms with Gasteiger partial charge in [-0.2, -0.15) is 13.8 Å². The van der Waals surface area contributed by atoms with E-state index in [0.717, 1.165) is 4.63 Å². The first-order chi connectivity index (χ1) is 15.2. The van der Waals surface area contributed by atoms with E-state index in [1.165, 1.54) is 32.8 Å². The van der Waals surface area contributed by atoms with Gasteiger partial charge in [-0.25, -0.2) is 14.8 Å². The third-order valence-corrected chi connectivity index (χ3v) is 3.86. The number of nitrogens with one attached hydrogen (secondary N) is 1. The molecule has 0 aliphatic heterocycles. The van der Waals surface area contributed by atoms with E-state index in [1.54, 1.807) is 13.8 Å². The highest BCUT2D eigenvalue weighted by atomic mass is 19.3. The maximum Gasteiger partial charge on any atom is 0.407 e. The third-order valence-electron chi connectivity index (χ3n) is 3.86. The second-order valence-corrected chi connectivity index (χ2v) is 6.77. The summed E-state index contributed by atoms with van der Waals surface area (Å²) in [6, 6.07) is 1.20. The van der Waals surface area contributed by atoms with Crippen LogP contribution < -0.4 is 19.5 Å². The zero-order valence-corrected chi connectivity index (χ0v) is 17.7. The number of alkyl halides is 2. The molecule has 12 nitrogen and oxygen atoms in total. The quantitative estimate of drug-likeness (QED) is 0.510. The molecule has 3 rings (SSSR count). The van der Waals surface area contributed by atoms with Gasteiger partial charge in [-0.3, -0.25) is 0 Å². The van der Waals surface area contributed by atoms with E-state index < -0.39 is 25.2 Å². The monoisotopic (exact) mass is 453 g/mol. The Morgan fingerprint density at radius 3 is 2.69 bits per heavy atom. The third kappa shape index (κ3) is 5.44. The van der Waals surface area contributed by atoms with Gasteiger partial charge < -0.3 is 24.3 Å². The van der Waals surface area contributed by atoms with Gasteiger partial charge in [-0.05, 0) is 13.8 Å². The lowest BCUT2D eigenvalue weighted by Gasteiger charge is -2.18. The molecule has 14 heteroatoms. The molecule has 0 bridgehead atoms. The number of nitrogens with zero attached hydrogens (tertiary/aromatic N) is 6. The van der Waals surface area contributed by atoms with Gasteiger partial charge in [0, 0.05) is 18.3 Å². The number of ether oxygens (including phenoxy) is 4. The minimum Gasteiger partial charge on any atom is -0.483 e. The van der Waals surface area contributed by atoms with Gasteiger partial charge in [0.1, 0.15) is 12.0 Å². The molecule has 1 amide bonds. The second-order valence-electron chi connectivity index (χ2n) is 6.77. The number of carbonyl (C=O) groups excluding carboxylic acids is 1. The fourth-order valence-corrected chi connectivity index (χ4v) is 2.48. The number of alkyl carbamates (subject to hydrolysis) is 1.